The molecule has 34 heavy (non-hydrogen) atoms. The van der Waals surface area contributed by atoms with Gasteiger partial charge in [0.25, 0.3) is 11.6 Å². The Morgan fingerprint density at radius 2 is 1.68 bits per heavy atom. The molecule has 3 fully saturated rings. The second kappa shape index (κ2) is 7.50. The van der Waals surface area contributed by atoms with Gasteiger partial charge in [0.15, 0.2) is 0 Å². The molecule has 0 N–H and O–H groups in total. The Labute approximate surface area is 199 Å². The molecular weight excluding hydrogens is 458 g/mol. The summed E-state index contributed by atoms with van der Waals surface area (Å²) in [4.78, 5) is 53.6. The van der Waals surface area contributed by atoms with E-state index in [4.69, 9.17) is 11.6 Å². The molecule has 4 aliphatic carbocycles. The average Bonchev–Trinajstić information content (AvgIpc) is 3.62. The molecule has 0 spiro atoms. The summed E-state index contributed by atoms with van der Waals surface area (Å²) in [5.41, 5.74) is 0.246. The third kappa shape index (κ3) is 3.09. The predicted molar refractivity (Wildman–Crippen MR) is 123 cm³/mol. The first-order chi connectivity index (χ1) is 16.3. The molecule has 8 nitrogen and oxygen atoms in total. The van der Waals surface area contributed by atoms with Crippen LogP contribution in [0.5, 0.6) is 0 Å². The van der Waals surface area contributed by atoms with Crippen LogP contribution in [0.2, 0.25) is 5.02 Å². The third-order valence-electron chi connectivity index (χ3n) is 7.71. The van der Waals surface area contributed by atoms with Gasteiger partial charge in [-0.2, -0.15) is 0 Å². The lowest BCUT2D eigenvalue weighted by Gasteiger charge is -2.37. The van der Waals surface area contributed by atoms with E-state index < -0.39 is 10.8 Å². The van der Waals surface area contributed by atoms with Gasteiger partial charge in [0.2, 0.25) is 11.8 Å². The Morgan fingerprint density at radius 3 is 2.29 bits per heavy atom. The highest BCUT2D eigenvalue weighted by atomic mass is 35.5. The van der Waals surface area contributed by atoms with Gasteiger partial charge in [-0.3, -0.25) is 34.3 Å². The van der Waals surface area contributed by atoms with Crippen molar-refractivity contribution in [2.45, 2.75) is 6.42 Å². The first-order valence-corrected chi connectivity index (χ1v) is 11.6. The molecule has 5 aliphatic rings. The third-order valence-corrected chi connectivity index (χ3v) is 7.94. The Morgan fingerprint density at radius 1 is 1.03 bits per heavy atom. The van der Waals surface area contributed by atoms with Gasteiger partial charge in [0.1, 0.15) is 6.67 Å². The van der Waals surface area contributed by atoms with Crippen molar-refractivity contribution in [3.63, 3.8) is 0 Å². The van der Waals surface area contributed by atoms with Crippen molar-refractivity contribution < 1.29 is 19.3 Å². The molecule has 6 atom stereocenters. The van der Waals surface area contributed by atoms with Gasteiger partial charge in [-0.25, -0.2) is 0 Å². The number of likely N-dealkylation sites (tertiary alicyclic amines) is 1. The number of carbonyl (C=O) groups excluding carboxylic acids is 3. The highest BCUT2D eigenvalue weighted by molar-refractivity contribution is 6.31. The van der Waals surface area contributed by atoms with Crippen molar-refractivity contribution >= 4 is 40.7 Å². The quantitative estimate of drug-likeness (QED) is 0.281. The minimum atomic E-state index is -0.577. The van der Waals surface area contributed by atoms with Gasteiger partial charge in [-0.15, -0.1) is 0 Å². The summed E-state index contributed by atoms with van der Waals surface area (Å²) in [6.45, 7) is -0.276. The van der Waals surface area contributed by atoms with Crippen LogP contribution in [0.4, 0.5) is 11.4 Å². The fraction of sp³-hybridized carbons (Fsp3) is 0.320. The Hall–Kier alpha value is -3.52. The second-order valence-corrected chi connectivity index (χ2v) is 9.86. The fourth-order valence-corrected chi connectivity index (χ4v) is 6.30. The zero-order valence-corrected chi connectivity index (χ0v) is 18.7. The molecule has 1 aliphatic heterocycles. The average molecular weight is 478 g/mol. The van der Waals surface area contributed by atoms with Gasteiger partial charge in [0.05, 0.1) is 16.8 Å². The SMILES string of the molecule is O=C1C2C3C=CC(C4CC34)C2C(=O)N1CN(C(=O)c1cccc([N+](=O)[O-])c1)c1cccc(Cl)c1. The van der Waals surface area contributed by atoms with Crippen molar-refractivity contribution in [2.75, 3.05) is 11.6 Å². The number of nitro groups is 1. The summed E-state index contributed by atoms with van der Waals surface area (Å²) in [6.07, 6.45) is 5.26. The lowest BCUT2D eigenvalue weighted by Crippen LogP contribution is -2.45. The number of hydrogen-bond donors (Lipinski definition) is 0. The van der Waals surface area contributed by atoms with E-state index in [9.17, 15) is 24.5 Å². The Balaban J connectivity index is 1.35. The number of hydrogen-bond acceptors (Lipinski definition) is 5. The number of nitrogens with zero attached hydrogens (tertiary/aromatic N) is 3. The molecule has 0 aromatic heterocycles. The van der Waals surface area contributed by atoms with E-state index in [0.717, 1.165) is 6.42 Å². The number of benzene rings is 2. The summed E-state index contributed by atoms with van der Waals surface area (Å²) < 4.78 is 0. The van der Waals surface area contributed by atoms with Gasteiger partial charge in [-0.1, -0.05) is 35.9 Å². The largest absolute Gasteiger partial charge is 0.289 e. The van der Waals surface area contributed by atoms with Crippen LogP contribution in [0.25, 0.3) is 0 Å². The fourth-order valence-electron chi connectivity index (χ4n) is 6.12. The van der Waals surface area contributed by atoms with E-state index in [0.29, 0.717) is 22.5 Å². The minimum absolute atomic E-state index is 0.0774. The van der Waals surface area contributed by atoms with Crippen LogP contribution in [0.15, 0.2) is 60.7 Å². The number of amides is 3. The lowest BCUT2D eigenvalue weighted by atomic mass is 9.63. The molecule has 2 saturated carbocycles. The molecule has 1 heterocycles. The smallest absolute Gasteiger partial charge is 0.270 e. The number of anilines is 1. The molecule has 2 aromatic carbocycles. The number of nitro benzene ring substituents is 1. The van der Waals surface area contributed by atoms with Gasteiger partial charge < -0.3 is 0 Å². The molecule has 2 bridgehead atoms. The van der Waals surface area contributed by atoms with Crippen molar-refractivity contribution in [3.05, 3.63) is 81.4 Å². The van der Waals surface area contributed by atoms with Crippen molar-refractivity contribution in [1.29, 1.82) is 0 Å². The number of allylic oxidation sites excluding steroid dienone is 2. The second-order valence-electron chi connectivity index (χ2n) is 9.42. The van der Waals surface area contributed by atoms with E-state index in [1.54, 1.807) is 24.3 Å². The number of imide groups is 1. The molecule has 1 saturated heterocycles. The van der Waals surface area contributed by atoms with Crippen LogP contribution in [0, 0.1) is 45.6 Å². The molecule has 6 unspecified atom stereocenters. The van der Waals surface area contributed by atoms with Crippen molar-refractivity contribution in [1.82, 2.24) is 4.90 Å². The summed E-state index contributed by atoms with van der Waals surface area (Å²) in [5, 5.41) is 11.6. The van der Waals surface area contributed by atoms with Gasteiger partial charge in [0, 0.05) is 28.4 Å². The molecule has 0 radical (unpaired) electrons. The zero-order valence-electron chi connectivity index (χ0n) is 17.9. The molecule has 9 heteroatoms. The number of non-ortho nitro benzene ring substituents is 1. The number of rotatable bonds is 5. The van der Waals surface area contributed by atoms with Crippen LogP contribution < -0.4 is 4.90 Å². The first-order valence-electron chi connectivity index (χ1n) is 11.2. The zero-order chi connectivity index (χ0) is 23.7. The molecule has 2 aromatic rings. The lowest BCUT2D eigenvalue weighted by molar-refractivity contribution is -0.384. The highest BCUT2D eigenvalue weighted by Gasteiger charge is 2.67. The van der Waals surface area contributed by atoms with Crippen molar-refractivity contribution in [3.8, 4) is 0 Å². The summed E-state index contributed by atoms with van der Waals surface area (Å²) >= 11 is 6.16. The topological polar surface area (TPSA) is 101 Å². The molecule has 172 valence electrons. The summed E-state index contributed by atoms with van der Waals surface area (Å²) in [7, 11) is 0. The Bertz CT molecular complexity index is 1260. The van der Waals surface area contributed by atoms with Gasteiger partial charge in [-0.05, 0) is 54.4 Å². The van der Waals surface area contributed by atoms with Crippen LogP contribution in [0.3, 0.4) is 0 Å². The maximum Gasteiger partial charge on any atom is 0.270 e. The van der Waals surface area contributed by atoms with Crippen molar-refractivity contribution in [2.24, 2.45) is 35.5 Å². The number of carbonyl (C=O) groups is 3. The summed E-state index contributed by atoms with van der Waals surface area (Å²) in [5.74, 6) is -0.711. The monoisotopic (exact) mass is 477 g/mol. The maximum absolute atomic E-state index is 13.5. The minimum Gasteiger partial charge on any atom is -0.289 e. The van der Waals surface area contributed by atoms with Crippen LogP contribution in [-0.4, -0.2) is 34.2 Å². The van der Waals surface area contributed by atoms with E-state index in [1.807, 2.05) is 0 Å². The maximum atomic E-state index is 13.5. The highest BCUT2D eigenvalue weighted by Crippen LogP contribution is 2.65. The van der Waals surface area contributed by atoms with E-state index >= 15 is 0 Å². The Kier molecular flexibility index (Phi) is 4.64. The standard InChI is InChI=1S/C25H20ClN3O5/c26-14-4-2-5-15(10-14)27(23(30)13-3-1-6-16(9-13)29(33)34)12-28-24(31)21-17-7-8-18(20-11-19(17)20)22(21)25(28)32/h1-10,17-22H,11-12H2. The molecular formula is C25H20ClN3O5. The van der Waals surface area contributed by atoms with Crippen LogP contribution in [0.1, 0.15) is 16.8 Å². The first kappa shape index (κ1) is 21.0. The van der Waals surface area contributed by atoms with Gasteiger partial charge >= 0.3 is 0 Å². The van der Waals surface area contributed by atoms with E-state index in [2.05, 4.69) is 12.2 Å². The van der Waals surface area contributed by atoms with Crippen LogP contribution in [-0.2, 0) is 9.59 Å². The number of halogens is 1. The van der Waals surface area contributed by atoms with Crippen LogP contribution >= 0.6 is 11.6 Å². The predicted octanol–water partition coefficient (Wildman–Crippen LogP) is 3.91. The van der Waals surface area contributed by atoms with E-state index in [-0.39, 0.29) is 53.4 Å². The normalized spacial score (nSPS) is 30.2. The molecule has 7 rings (SSSR count). The van der Waals surface area contributed by atoms with E-state index in [1.165, 1.54) is 34.1 Å². The summed E-state index contributed by atoms with van der Waals surface area (Å²) in [6, 6.07) is 11.9. The molecule has 3 amide bonds.